The van der Waals surface area contributed by atoms with E-state index >= 15 is 0 Å². The Balaban J connectivity index is 1.50. The van der Waals surface area contributed by atoms with Gasteiger partial charge < -0.3 is 5.32 Å². The average Bonchev–Trinajstić information content (AvgIpc) is 2.75. The van der Waals surface area contributed by atoms with Gasteiger partial charge in [-0.05, 0) is 56.4 Å². The molecule has 1 saturated heterocycles. The first kappa shape index (κ1) is 22.7. The third-order valence-electron chi connectivity index (χ3n) is 5.45. The molecule has 30 heavy (non-hydrogen) atoms. The highest BCUT2D eigenvalue weighted by Gasteiger charge is 2.32. The van der Waals surface area contributed by atoms with E-state index in [1.165, 1.54) is 15.9 Å². The van der Waals surface area contributed by atoms with Gasteiger partial charge in [0.1, 0.15) is 5.82 Å². The van der Waals surface area contributed by atoms with Gasteiger partial charge in [-0.3, -0.25) is 4.79 Å². The zero-order chi connectivity index (χ0) is 21.7. The molecule has 0 unspecified atom stereocenters. The van der Waals surface area contributed by atoms with E-state index in [9.17, 15) is 17.6 Å². The highest BCUT2D eigenvalue weighted by atomic mass is 35.5. The maximum atomic E-state index is 13.3. The quantitative estimate of drug-likeness (QED) is 0.690. The van der Waals surface area contributed by atoms with Crippen molar-refractivity contribution in [3.05, 3.63) is 64.9 Å². The average molecular weight is 453 g/mol. The molecule has 0 spiro atoms. The van der Waals surface area contributed by atoms with Gasteiger partial charge in [0, 0.05) is 25.0 Å². The number of halogens is 2. The van der Waals surface area contributed by atoms with Crippen molar-refractivity contribution in [2.45, 2.75) is 43.5 Å². The molecule has 0 saturated carbocycles. The Hall–Kier alpha value is -1.96. The lowest BCUT2D eigenvalue weighted by atomic mass is 9.96. The Bertz CT molecular complexity index is 977. The summed E-state index contributed by atoms with van der Waals surface area (Å²) in [5.41, 5.74) is 1.23. The second kappa shape index (κ2) is 9.90. The first-order valence-corrected chi connectivity index (χ1v) is 11.9. The van der Waals surface area contributed by atoms with E-state index in [4.69, 9.17) is 11.6 Å². The van der Waals surface area contributed by atoms with Gasteiger partial charge in [0.2, 0.25) is 15.9 Å². The fourth-order valence-corrected chi connectivity index (χ4v) is 5.35. The van der Waals surface area contributed by atoms with Crippen LogP contribution in [0.1, 0.15) is 31.7 Å². The van der Waals surface area contributed by atoms with Crippen molar-refractivity contribution in [1.29, 1.82) is 0 Å². The van der Waals surface area contributed by atoms with E-state index in [0.717, 1.165) is 25.0 Å². The van der Waals surface area contributed by atoms with Crippen LogP contribution in [0.5, 0.6) is 0 Å². The van der Waals surface area contributed by atoms with Gasteiger partial charge in [0.25, 0.3) is 0 Å². The van der Waals surface area contributed by atoms with Gasteiger partial charge in [0.05, 0.1) is 9.92 Å². The minimum Gasteiger partial charge on any atom is -0.353 e. The minimum atomic E-state index is -3.76. The van der Waals surface area contributed by atoms with Gasteiger partial charge in [0.15, 0.2) is 0 Å². The van der Waals surface area contributed by atoms with Gasteiger partial charge in [-0.1, -0.05) is 41.9 Å². The summed E-state index contributed by atoms with van der Waals surface area (Å²) in [4.78, 5) is 12.6. The second-order valence-corrected chi connectivity index (χ2v) is 10.0. The topological polar surface area (TPSA) is 66.5 Å². The van der Waals surface area contributed by atoms with Crippen LogP contribution in [0.15, 0.2) is 53.4 Å². The highest BCUT2D eigenvalue weighted by molar-refractivity contribution is 7.89. The molecule has 3 rings (SSSR count). The zero-order valence-electron chi connectivity index (χ0n) is 16.9. The minimum absolute atomic E-state index is 0.0302. The van der Waals surface area contributed by atoms with Crippen molar-refractivity contribution < 1.29 is 17.6 Å². The lowest BCUT2D eigenvalue weighted by Crippen LogP contribution is -2.44. The predicted octanol–water partition coefficient (Wildman–Crippen LogP) is 4.02. The summed E-state index contributed by atoms with van der Waals surface area (Å²) in [6.07, 6.45) is 2.63. The Morgan fingerprint density at radius 1 is 1.20 bits per heavy atom. The van der Waals surface area contributed by atoms with Gasteiger partial charge in [-0.2, -0.15) is 4.31 Å². The first-order valence-electron chi connectivity index (χ1n) is 10.1. The molecular formula is C22H26ClFN2O3S. The largest absolute Gasteiger partial charge is 0.353 e. The molecule has 8 heteroatoms. The molecular weight excluding hydrogens is 427 g/mol. The van der Waals surface area contributed by atoms with Crippen LogP contribution in [0.25, 0.3) is 0 Å². The number of sulfonamides is 1. The third kappa shape index (κ3) is 5.59. The van der Waals surface area contributed by atoms with Crippen LogP contribution in [-0.4, -0.2) is 37.8 Å². The second-order valence-electron chi connectivity index (χ2n) is 7.69. The number of piperidine rings is 1. The van der Waals surface area contributed by atoms with E-state index in [-0.39, 0.29) is 40.9 Å². The summed E-state index contributed by atoms with van der Waals surface area (Å²) >= 11 is 5.73. The molecule has 2 aromatic rings. The maximum Gasteiger partial charge on any atom is 0.243 e. The van der Waals surface area contributed by atoms with E-state index in [2.05, 4.69) is 17.4 Å². The monoisotopic (exact) mass is 452 g/mol. The SMILES string of the molecule is C[C@H](CCc1ccccc1)NC(=O)C1CCN(S(=O)(=O)c2ccc(F)c(Cl)c2)CC1. The van der Waals surface area contributed by atoms with Crippen molar-refractivity contribution in [3.63, 3.8) is 0 Å². The normalized spacial score (nSPS) is 16.9. The van der Waals surface area contributed by atoms with Crippen LogP contribution in [0.2, 0.25) is 5.02 Å². The Kier molecular flexibility index (Phi) is 7.50. The molecule has 1 aliphatic rings. The van der Waals surface area contributed by atoms with Crippen LogP contribution < -0.4 is 5.32 Å². The fraction of sp³-hybridized carbons (Fsp3) is 0.409. The molecule has 1 N–H and O–H groups in total. The van der Waals surface area contributed by atoms with E-state index in [1.54, 1.807) is 0 Å². The maximum absolute atomic E-state index is 13.3. The molecule has 5 nitrogen and oxygen atoms in total. The number of carbonyl (C=O) groups is 1. The summed E-state index contributed by atoms with van der Waals surface area (Å²) in [5.74, 6) is -0.905. The van der Waals surface area contributed by atoms with Crippen molar-refractivity contribution in [1.82, 2.24) is 9.62 Å². The molecule has 1 heterocycles. The molecule has 1 fully saturated rings. The Labute approximate surface area is 182 Å². The predicted molar refractivity (Wildman–Crippen MR) is 115 cm³/mol. The summed E-state index contributed by atoms with van der Waals surface area (Å²) in [5, 5.41) is 2.83. The number of nitrogens with one attached hydrogen (secondary N) is 1. The summed E-state index contributed by atoms with van der Waals surface area (Å²) in [6, 6.07) is 13.5. The van der Waals surface area contributed by atoms with Crippen molar-refractivity contribution in [2.24, 2.45) is 5.92 Å². The van der Waals surface area contributed by atoms with Gasteiger partial charge in [-0.15, -0.1) is 0 Å². The number of benzene rings is 2. The first-order chi connectivity index (χ1) is 14.3. The number of hydrogen-bond acceptors (Lipinski definition) is 3. The molecule has 1 aliphatic heterocycles. The summed E-state index contributed by atoms with van der Waals surface area (Å²) in [6.45, 7) is 2.47. The number of rotatable bonds is 7. The summed E-state index contributed by atoms with van der Waals surface area (Å²) in [7, 11) is -3.76. The van der Waals surface area contributed by atoms with Gasteiger partial charge >= 0.3 is 0 Å². The molecule has 1 amide bonds. The van der Waals surface area contributed by atoms with E-state index in [1.807, 2.05) is 25.1 Å². The molecule has 2 aromatic carbocycles. The fourth-order valence-electron chi connectivity index (χ4n) is 3.61. The lowest BCUT2D eigenvalue weighted by molar-refractivity contribution is -0.126. The smallest absolute Gasteiger partial charge is 0.243 e. The number of nitrogens with zero attached hydrogens (tertiary/aromatic N) is 1. The number of aryl methyl sites for hydroxylation is 1. The molecule has 0 radical (unpaired) electrons. The Morgan fingerprint density at radius 3 is 2.50 bits per heavy atom. The molecule has 0 bridgehead atoms. The van der Waals surface area contributed by atoms with Crippen LogP contribution in [0.3, 0.4) is 0 Å². The van der Waals surface area contributed by atoms with E-state index < -0.39 is 15.8 Å². The van der Waals surface area contributed by atoms with Crippen LogP contribution >= 0.6 is 11.6 Å². The summed E-state index contributed by atoms with van der Waals surface area (Å²) < 4.78 is 40.2. The molecule has 162 valence electrons. The molecule has 1 atom stereocenters. The standard InChI is InChI=1S/C22H26ClFN2O3S/c1-16(7-8-17-5-3-2-4-6-17)25-22(27)18-11-13-26(14-12-18)30(28,29)19-9-10-21(24)20(23)15-19/h2-6,9-10,15-16,18H,7-8,11-14H2,1H3,(H,25,27)/t16-/m1/s1. The number of hydrogen-bond donors (Lipinski definition) is 1. The third-order valence-corrected chi connectivity index (χ3v) is 7.64. The van der Waals surface area contributed by atoms with Crippen LogP contribution in [-0.2, 0) is 21.2 Å². The molecule has 0 aliphatic carbocycles. The van der Waals surface area contributed by atoms with Crippen LogP contribution in [0.4, 0.5) is 4.39 Å². The number of amides is 1. The van der Waals surface area contributed by atoms with Crippen molar-refractivity contribution in [3.8, 4) is 0 Å². The van der Waals surface area contributed by atoms with Gasteiger partial charge in [-0.25, -0.2) is 12.8 Å². The van der Waals surface area contributed by atoms with E-state index in [0.29, 0.717) is 12.8 Å². The number of carbonyl (C=O) groups excluding carboxylic acids is 1. The van der Waals surface area contributed by atoms with Crippen molar-refractivity contribution in [2.75, 3.05) is 13.1 Å². The molecule has 0 aromatic heterocycles. The van der Waals surface area contributed by atoms with Crippen molar-refractivity contribution >= 4 is 27.5 Å². The highest BCUT2D eigenvalue weighted by Crippen LogP contribution is 2.26. The zero-order valence-corrected chi connectivity index (χ0v) is 18.4. The lowest BCUT2D eigenvalue weighted by Gasteiger charge is -2.31. The Morgan fingerprint density at radius 2 is 1.87 bits per heavy atom. The van der Waals surface area contributed by atoms with Crippen LogP contribution in [0, 0.1) is 11.7 Å².